The predicted octanol–water partition coefficient (Wildman–Crippen LogP) is 6.09. The third-order valence-electron chi connectivity index (χ3n) is 5.91. The van der Waals surface area contributed by atoms with E-state index in [-0.39, 0.29) is 12.0 Å². The number of ether oxygens (including phenoxy) is 1. The van der Waals surface area contributed by atoms with Gasteiger partial charge in [0, 0.05) is 18.7 Å². The van der Waals surface area contributed by atoms with Crippen molar-refractivity contribution < 1.29 is 14.6 Å². The van der Waals surface area contributed by atoms with Crippen molar-refractivity contribution in [3.8, 4) is 5.75 Å². The molecule has 1 heterocycles. The van der Waals surface area contributed by atoms with E-state index < -0.39 is 5.97 Å². The van der Waals surface area contributed by atoms with E-state index in [0.29, 0.717) is 13.0 Å². The lowest BCUT2D eigenvalue weighted by Crippen LogP contribution is -2.43. The van der Waals surface area contributed by atoms with Crippen LogP contribution in [-0.4, -0.2) is 16.6 Å². The first kappa shape index (κ1) is 21.7. The van der Waals surface area contributed by atoms with Gasteiger partial charge >= 0.3 is 5.97 Å². The van der Waals surface area contributed by atoms with E-state index in [4.69, 9.17) is 9.84 Å². The summed E-state index contributed by atoms with van der Waals surface area (Å²) in [4.78, 5) is 13.1. The molecule has 0 aliphatic carbocycles. The zero-order valence-electron chi connectivity index (χ0n) is 18.6. The number of carboxylic acids is 1. The number of hydrogen-bond donors (Lipinski definition) is 1. The number of rotatable bonds is 8. The van der Waals surface area contributed by atoms with Crippen LogP contribution in [0, 0.1) is 0 Å². The van der Waals surface area contributed by atoms with E-state index in [9.17, 15) is 4.79 Å². The maximum atomic E-state index is 10.7. The Balaban J connectivity index is 1.36. The number of fused-ring (bicyclic) bond motifs is 1. The maximum Gasteiger partial charge on any atom is 0.303 e. The Morgan fingerprint density at radius 3 is 2.28 bits per heavy atom. The van der Waals surface area contributed by atoms with E-state index >= 15 is 0 Å². The van der Waals surface area contributed by atoms with E-state index in [1.54, 1.807) is 0 Å². The summed E-state index contributed by atoms with van der Waals surface area (Å²) >= 11 is 0. The van der Waals surface area contributed by atoms with Gasteiger partial charge in [-0.15, -0.1) is 0 Å². The fourth-order valence-corrected chi connectivity index (χ4v) is 3.95. The van der Waals surface area contributed by atoms with Crippen molar-refractivity contribution >= 4 is 17.7 Å². The van der Waals surface area contributed by atoms with Crippen molar-refractivity contribution in [3.63, 3.8) is 0 Å². The Kier molecular flexibility index (Phi) is 6.31. The van der Waals surface area contributed by atoms with Gasteiger partial charge in [0.25, 0.3) is 0 Å². The number of aliphatic carboxylic acids is 1. The Labute approximate surface area is 189 Å². The maximum absolute atomic E-state index is 10.7. The first-order valence-electron chi connectivity index (χ1n) is 11.0. The summed E-state index contributed by atoms with van der Waals surface area (Å²) < 4.78 is 5.91. The Bertz CT molecular complexity index is 1100. The van der Waals surface area contributed by atoms with E-state index in [2.05, 4.69) is 79.4 Å². The molecule has 0 fully saturated rings. The molecule has 1 aliphatic heterocycles. The smallest absolute Gasteiger partial charge is 0.303 e. The fraction of sp³-hybridized carbons (Fsp3) is 0.250. The zero-order chi connectivity index (χ0) is 22.6. The molecule has 0 unspecified atom stereocenters. The molecule has 0 radical (unpaired) electrons. The Morgan fingerprint density at radius 2 is 1.56 bits per heavy atom. The molecule has 0 bridgehead atoms. The van der Waals surface area contributed by atoms with Crippen LogP contribution in [-0.2, 0) is 24.4 Å². The number of aryl methyl sites for hydroxylation is 1. The molecular weight excluding hydrogens is 398 g/mol. The van der Waals surface area contributed by atoms with Crippen LogP contribution in [0.3, 0.4) is 0 Å². The van der Waals surface area contributed by atoms with Gasteiger partial charge in [-0.3, -0.25) is 4.79 Å². The lowest BCUT2D eigenvalue weighted by Gasteiger charge is -2.42. The monoisotopic (exact) mass is 427 g/mol. The largest absolute Gasteiger partial charge is 0.489 e. The third kappa shape index (κ3) is 5.20. The highest BCUT2D eigenvalue weighted by Gasteiger charge is 2.28. The lowest BCUT2D eigenvalue weighted by atomic mass is 9.93. The second-order valence-corrected chi connectivity index (χ2v) is 8.77. The van der Waals surface area contributed by atoms with Gasteiger partial charge < -0.3 is 14.7 Å². The van der Waals surface area contributed by atoms with Crippen LogP contribution in [0.4, 0.5) is 5.69 Å². The van der Waals surface area contributed by atoms with Gasteiger partial charge in [-0.05, 0) is 60.7 Å². The molecule has 4 nitrogen and oxygen atoms in total. The van der Waals surface area contributed by atoms with Crippen LogP contribution in [0.1, 0.15) is 42.5 Å². The van der Waals surface area contributed by atoms with Crippen LogP contribution in [0.25, 0.3) is 6.08 Å². The normalized spacial score (nSPS) is 14.1. The molecule has 0 amide bonds. The molecule has 1 N–H and O–H groups in total. The number of para-hydroxylation sites is 1. The molecule has 3 aromatic rings. The molecule has 4 rings (SSSR count). The predicted molar refractivity (Wildman–Crippen MR) is 129 cm³/mol. The highest BCUT2D eigenvalue weighted by molar-refractivity contribution is 5.73. The van der Waals surface area contributed by atoms with Crippen LogP contribution in [0.15, 0.2) is 78.9 Å². The van der Waals surface area contributed by atoms with E-state index in [1.807, 2.05) is 24.3 Å². The minimum atomic E-state index is -0.779. The number of benzene rings is 3. The second-order valence-electron chi connectivity index (χ2n) is 8.77. The molecule has 0 saturated heterocycles. The Morgan fingerprint density at radius 1 is 0.906 bits per heavy atom. The van der Waals surface area contributed by atoms with Crippen molar-refractivity contribution in [2.45, 2.75) is 45.4 Å². The number of carboxylic acid groups (broad SMARTS) is 1. The minimum Gasteiger partial charge on any atom is -0.489 e. The summed E-state index contributed by atoms with van der Waals surface area (Å²) in [6.07, 6.45) is 5.16. The summed E-state index contributed by atoms with van der Waals surface area (Å²) in [6, 6.07) is 24.8. The summed E-state index contributed by atoms with van der Waals surface area (Å²) in [6.45, 7) is 5.83. The van der Waals surface area contributed by atoms with Crippen LogP contribution >= 0.6 is 0 Å². The van der Waals surface area contributed by atoms with Crippen LogP contribution in [0.2, 0.25) is 0 Å². The molecule has 1 aliphatic rings. The van der Waals surface area contributed by atoms with Gasteiger partial charge in [-0.25, -0.2) is 0 Å². The average Bonchev–Trinajstić information content (AvgIpc) is 2.80. The van der Waals surface area contributed by atoms with Gasteiger partial charge in [0.1, 0.15) is 12.4 Å². The van der Waals surface area contributed by atoms with Crippen molar-refractivity contribution in [2.24, 2.45) is 0 Å². The number of hydrogen-bond acceptors (Lipinski definition) is 3. The molecule has 0 aromatic heterocycles. The van der Waals surface area contributed by atoms with E-state index in [1.165, 1.54) is 16.8 Å². The molecule has 164 valence electrons. The summed E-state index contributed by atoms with van der Waals surface area (Å²) in [5.41, 5.74) is 5.84. The molecule has 0 atom stereocenters. The molecule has 0 saturated carbocycles. The molecule has 0 spiro atoms. The first-order chi connectivity index (χ1) is 15.4. The molecule has 3 aromatic carbocycles. The topological polar surface area (TPSA) is 49.8 Å². The third-order valence-corrected chi connectivity index (χ3v) is 5.91. The van der Waals surface area contributed by atoms with Crippen molar-refractivity contribution in [1.29, 1.82) is 0 Å². The quantitative estimate of drug-likeness (QED) is 0.472. The van der Waals surface area contributed by atoms with Gasteiger partial charge in [0.15, 0.2) is 0 Å². The standard InChI is InChI=1S/C28H29NO3/c1-28(2)18-17-24-5-3-4-6-26(24)29(28)19-22-7-9-23(10-8-22)20-32-25-14-11-21(12-15-25)13-16-27(30)31/h3-12,14-15,17-18H,13,16,19-20H2,1-2H3,(H,30,31). The summed E-state index contributed by atoms with van der Waals surface area (Å²) in [7, 11) is 0. The number of carbonyl (C=O) groups is 1. The molecular formula is C28H29NO3. The number of anilines is 1. The van der Waals surface area contributed by atoms with Gasteiger partial charge in [-0.1, -0.05) is 66.7 Å². The zero-order valence-corrected chi connectivity index (χ0v) is 18.6. The van der Waals surface area contributed by atoms with Gasteiger partial charge in [0.05, 0.1) is 5.54 Å². The summed E-state index contributed by atoms with van der Waals surface area (Å²) in [5.74, 6) is 0.00455. The Hall–Kier alpha value is -3.53. The first-order valence-corrected chi connectivity index (χ1v) is 11.0. The summed E-state index contributed by atoms with van der Waals surface area (Å²) in [5, 5.41) is 8.79. The average molecular weight is 428 g/mol. The highest BCUT2D eigenvalue weighted by Crippen LogP contribution is 2.35. The van der Waals surface area contributed by atoms with Crippen molar-refractivity contribution in [3.05, 3.63) is 101 Å². The van der Waals surface area contributed by atoms with Crippen molar-refractivity contribution in [1.82, 2.24) is 0 Å². The number of nitrogens with zero attached hydrogens (tertiary/aromatic N) is 1. The molecule has 4 heteroatoms. The second kappa shape index (κ2) is 9.31. The van der Waals surface area contributed by atoms with Crippen LogP contribution < -0.4 is 9.64 Å². The van der Waals surface area contributed by atoms with Gasteiger partial charge in [-0.2, -0.15) is 0 Å². The van der Waals surface area contributed by atoms with E-state index in [0.717, 1.165) is 23.4 Å². The van der Waals surface area contributed by atoms with Crippen LogP contribution in [0.5, 0.6) is 5.75 Å². The van der Waals surface area contributed by atoms with Crippen molar-refractivity contribution in [2.75, 3.05) is 4.90 Å². The molecule has 32 heavy (non-hydrogen) atoms. The lowest BCUT2D eigenvalue weighted by molar-refractivity contribution is -0.136. The SMILES string of the molecule is CC1(C)C=Cc2ccccc2N1Cc1ccc(COc2ccc(CCC(=O)O)cc2)cc1. The van der Waals surface area contributed by atoms with Gasteiger partial charge in [0.2, 0.25) is 0 Å². The minimum absolute atomic E-state index is 0.0488. The fourth-order valence-electron chi connectivity index (χ4n) is 3.95. The highest BCUT2D eigenvalue weighted by atomic mass is 16.5.